The van der Waals surface area contributed by atoms with Crippen LogP contribution in [0, 0.1) is 6.92 Å². The van der Waals surface area contributed by atoms with Crippen LogP contribution in [-0.4, -0.2) is 72.6 Å². The molecule has 0 radical (unpaired) electrons. The highest BCUT2D eigenvalue weighted by molar-refractivity contribution is 5.67. The van der Waals surface area contributed by atoms with Crippen molar-refractivity contribution in [2.75, 3.05) is 47.0 Å². The van der Waals surface area contributed by atoms with E-state index in [1.54, 1.807) is 49.7 Å². The van der Waals surface area contributed by atoms with Crippen molar-refractivity contribution in [2.24, 2.45) is 0 Å². The highest BCUT2D eigenvalue weighted by Crippen LogP contribution is 2.37. The minimum absolute atomic E-state index is 0.0465. The first-order valence-corrected chi connectivity index (χ1v) is 11.2. The number of hydrogen-bond donors (Lipinski definition) is 1. The van der Waals surface area contributed by atoms with E-state index in [-0.39, 0.29) is 17.4 Å². The number of amides is 1. The summed E-state index contributed by atoms with van der Waals surface area (Å²) in [6, 6.07) is 6.59. The SMILES string of the molecule is CCOC(=O)N1CCN(C(c2ccc(OC)c(OC)c2)c2c(O)cc(C)n(CC)c2=O)CC1. The van der Waals surface area contributed by atoms with Crippen molar-refractivity contribution >= 4 is 6.09 Å². The Morgan fingerprint density at radius 2 is 1.73 bits per heavy atom. The van der Waals surface area contributed by atoms with Gasteiger partial charge in [0.1, 0.15) is 5.75 Å². The molecule has 180 valence electrons. The van der Waals surface area contributed by atoms with E-state index in [9.17, 15) is 14.7 Å². The van der Waals surface area contributed by atoms with Gasteiger partial charge in [-0.25, -0.2) is 4.79 Å². The molecule has 1 fully saturated rings. The van der Waals surface area contributed by atoms with Gasteiger partial charge >= 0.3 is 6.09 Å². The molecular weight excluding hydrogens is 426 g/mol. The Morgan fingerprint density at radius 3 is 2.30 bits per heavy atom. The number of aromatic nitrogens is 1. The van der Waals surface area contributed by atoms with Crippen molar-refractivity contribution in [3.8, 4) is 17.2 Å². The van der Waals surface area contributed by atoms with Crippen LogP contribution < -0.4 is 15.0 Å². The first kappa shape index (κ1) is 24.4. The molecule has 9 nitrogen and oxygen atoms in total. The monoisotopic (exact) mass is 459 g/mol. The lowest BCUT2D eigenvalue weighted by Gasteiger charge is -2.39. The quantitative estimate of drug-likeness (QED) is 0.680. The van der Waals surface area contributed by atoms with Crippen LogP contribution in [0.4, 0.5) is 4.79 Å². The molecule has 0 bridgehead atoms. The number of methoxy groups -OCH3 is 2. The molecule has 1 aliphatic rings. The molecule has 9 heteroatoms. The molecule has 1 aromatic heterocycles. The molecule has 0 saturated carbocycles. The summed E-state index contributed by atoms with van der Waals surface area (Å²) in [5.41, 5.74) is 1.56. The summed E-state index contributed by atoms with van der Waals surface area (Å²) < 4.78 is 17.6. The van der Waals surface area contributed by atoms with Crippen LogP contribution in [0.15, 0.2) is 29.1 Å². The molecule has 1 saturated heterocycles. The number of rotatable bonds is 7. The van der Waals surface area contributed by atoms with Crippen molar-refractivity contribution in [1.82, 2.24) is 14.4 Å². The van der Waals surface area contributed by atoms with Crippen LogP contribution in [0.25, 0.3) is 0 Å². The molecule has 1 unspecified atom stereocenters. The van der Waals surface area contributed by atoms with Crippen LogP contribution in [0.1, 0.15) is 36.7 Å². The average Bonchev–Trinajstić information content (AvgIpc) is 2.81. The van der Waals surface area contributed by atoms with E-state index in [0.29, 0.717) is 62.1 Å². The number of ether oxygens (including phenoxy) is 3. The van der Waals surface area contributed by atoms with Gasteiger partial charge in [-0.05, 0) is 44.5 Å². The zero-order valence-electron chi connectivity index (χ0n) is 20.0. The maximum atomic E-state index is 13.5. The standard InChI is InChI=1S/C24H33N3O6/c1-6-27-16(3)14-18(28)21(23(27)29)22(17-8-9-19(31-4)20(15-17)32-5)25-10-12-26(13-11-25)24(30)33-7-2/h8-9,14-15,22,28H,6-7,10-13H2,1-5H3. The minimum Gasteiger partial charge on any atom is -0.507 e. The fourth-order valence-electron chi connectivity index (χ4n) is 4.38. The van der Waals surface area contributed by atoms with Crippen LogP contribution >= 0.6 is 0 Å². The van der Waals surface area contributed by atoms with Crippen molar-refractivity contribution in [1.29, 1.82) is 0 Å². The van der Waals surface area contributed by atoms with Crippen LogP contribution in [0.3, 0.4) is 0 Å². The first-order chi connectivity index (χ1) is 15.9. The number of carbonyl (C=O) groups is 1. The van der Waals surface area contributed by atoms with E-state index in [4.69, 9.17) is 14.2 Å². The Morgan fingerprint density at radius 1 is 1.06 bits per heavy atom. The molecule has 1 atom stereocenters. The van der Waals surface area contributed by atoms with Crippen LogP contribution in [0.5, 0.6) is 17.2 Å². The highest BCUT2D eigenvalue weighted by Gasteiger charge is 2.33. The summed E-state index contributed by atoms with van der Waals surface area (Å²) in [4.78, 5) is 29.4. The van der Waals surface area contributed by atoms with Gasteiger partial charge in [-0.15, -0.1) is 0 Å². The molecule has 0 aliphatic carbocycles. The number of pyridine rings is 1. The lowest BCUT2D eigenvalue weighted by molar-refractivity contribution is 0.0709. The van der Waals surface area contributed by atoms with Crippen molar-refractivity contribution < 1.29 is 24.1 Å². The van der Waals surface area contributed by atoms with E-state index in [2.05, 4.69) is 4.90 Å². The number of carbonyl (C=O) groups excluding carboxylic acids is 1. The zero-order chi connectivity index (χ0) is 24.1. The van der Waals surface area contributed by atoms with Crippen LogP contribution in [-0.2, 0) is 11.3 Å². The molecule has 0 spiro atoms. The summed E-state index contributed by atoms with van der Waals surface area (Å²) in [5, 5.41) is 10.9. The molecule has 1 N–H and O–H groups in total. The third-order valence-corrected chi connectivity index (χ3v) is 6.04. The first-order valence-electron chi connectivity index (χ1n) is 11.2. The number of aryl methyl sites for hydroxylation is 1. The fraction of sp³-hybridized carbons (Fsp3) is 0.500. The van der Waals surface area contributed by atoms with Gasteiger partial charge in [-0.1, -0.05) is 6.07 Å². The van der Waals surface area contributed by atoms with Crippen LogP contribution in [0.2, 0.25) is 0 Å². The van der Waals surface area contributed by atoms with Gasteiger partial charge < -0.3 is 28.8 Å². The Bertz CT molecular complexity index is 1040. The van der Waals surface area contributed by atoms with E-state index in [1.165, 1.54) is 0 Å². The van der Waals surface area contributed by atoms with Gasteiger partial charge in [0.2, 0.25) is 0 Å². The molecule has 3 rings (SSSR count). The van der Waals surface area contributed by atoms with Gasteiger partial charge in [0.25, 0.3) is 5.56 Å². The Labute approximate surface area is 194 Å². The van der Waals surface area contributed by atoms with Gasteiger partial charge in [-0.2, -0.15) is 0 Å². The predicted molar refractivity (Wildman–Crippen MR) is 124 cm³/mol. The normalized spacial score (nSPS) is 15.2. The second-order valence-corrected chi connectivity index (χ2v) is 7.87. The molecule has 2 aromatic rings. The summed E-state index contributed by atoms with van der Waals surface area (Å²) >= 11 is 0. The molecule has 1 amide bonds. The average molecular weight is 460 g/mol. The second-order valence-electron chi connectivity index (χ2n) is 7.87. The molecule has 1 aromatic carbocycles. The zero-order valence-corrected chi connectivity index (χ0v) is 20.0. The maximum absolute atomic E-state index is 13.5. The number of piperazine rings is 1. The Balaban J connectivity index is 2.08. The van der Waals surface area contributed by atoms with Gasteiger partial charge in [0.05, 0.1) is 32.4 Å². The third-order valence-electron chi connectivity index (χ3n) is 6.04. The molecular formula is C24H33N3O6. The summed E-state index contributed by atoms with van der Waals surface area (Å²) in [5.74, 6) is 1.06. The molecule has 2 heterocycles. The van der Waals surface area contributed by atoms with E-state index in [0.717, 1.165) is 5.56 Å². The number of benzene rings is 1. The highest BCUT2D eigenvalue weighted by atomic mass is 16.6. The van der Waals surface area contributed by atoms with Gasteiger partial charge in [0.15, 0.2) is 11.5 Å². The van der Waals surface area contributed by atoms with E-state index < -0.39 is 6.04 Å². The van der Waals surface area contributed by atoms with Crippen molar-refractivity contribution in [3.63, 3.8) is 0 Å². The number of nitrogens with zero attached hydrogens (tertiary/aromatic N) is 3. The summed E-state index contributed by atoms with van der Waals surface area (Å²) in [6.07, 6.45) is -0.341. The van der Waals surface area contributed by atoms with E-state index in [1.807, 2.05) is 19.1 Å². The number of hydrogen-bond acceptors (Lipinski definition) is 7. The van der Waals surface area contributed by atoms with Crippen molar-refractivity contribution in [3.05, 3.63) is 51.4 Å². The van der Waals surface area contributed by atoms with Gasteiger partial charge in [-0.3, -0.25) is 9.69 Å². The number of aromatic hydroxyl groups is 1. The topological polar surface area (TPSA) is 93.5 Å². The Hall–Kier alpha value is -3.20. The smallest absolute Gasteiger partial charge is 0.409 e. The molecule has 1 aliphatic heterocycles. The van der Waals surface area contributed by atoms with Crippen molar-refractivity contribution in [2.45, 2.75) is 33.4 Å². The largest absolute Gasteiger partial charge is 0.507 e. The second kappa shape index (κ2) is 10.6. The minimum atomic E-state index is -0.528. The molecule has 33 heavy (non-hydrogen) atoms. The third kappa shape index (κ3) is 4.93. The lowest BCUT2D eigenvalue weighted by atomic mass is 9.95. The summed E-state index contributed by atoms with van der Waals surface area (Å²) in [7, 11) is 3.12. The van der Waals surface area contributed by atoms with E-state index >= 15 is 0 Å². The maximum Gasteiger partial charge on any atom is 0.409 e. The Kier molecular flexibility index (Phi) is 7.86. The lowest BCUT2D eigenvalue weighted by Crippen LogP contribution is -2.50. The summed E-state index contributed by atoms with van der Waals surface area (Å²) in [6.45, 7) is 8.23. The predicted octanol–water partition coefficient (Wildman–Crippen LogP) is 2.76. The van der Waals surface area contributed by atoms with Gasteiger partial charge in [0, 0.05) is 38.4 Å². The fourth-order valence-corrected chi connectivity index (χ4v) is 4.38.